The minimum atomic E-state index is 0.250. The van der Waals surface area contributed by atoms with E-state index in [1.54, 1.807) is 0 Å². The van der Waals surface area contributed by atoms with Crippen molar-refractivity contribution in [3.8, 4) is 0 Å². The Morgan fingerprint density at radius 1 is 1.29 bits per heavy atom. The predicted octanol–water partition coefficient (Wildman–Crippen LogP) is 3.07. The zero-order valence-corrected chi connectivity index (χ0v) is 9.09. The highest BCUT2D eigenvalue weighted by Gasteiger charge is 2.26. The maximum atomic E-state index is 11.6. The maximum Gasteiger partial charge on any atom is 0.137 e. The molecule has 0 N–H and O–H groups in total. The Labute approximate surface area is 88.9 Å². The van der Waals surface area contributed by atoms with Crippen molar-refractivity contribution >= 4 is 17.5 Å². The van der Waals surface area contributed by atoms with Crippen molar-refractivity contribution in [1.29, 1.82) is 0 Å². The first-order valence-corrected chi connectivity index (χ1v) is 6.01. The van der Waals surface area contributed by atoms with Crippen LogP contribution >= 0.6 is 11.8 Å². The van der Waals surface area contributed by atoms with Gasteiger partial charge in [0.1, 0.15) is 5.78 Å². The molecule has 2 unspecified atom stereocenters. The van der Waals surface area contributed by atoms with Crippen molar-refractivity contribution in [1.82, 2.24) is 0 Å². The van der Waals surface area contributed by atoms with E-state index in [1.807, 2.05) is 36.9 Å². The van der Waals surface area contributed by atoms with Gasteiger partial charge in [0.15, 0.2) is 0 Å². The van der Waals surface area contributed by atoms with Crippen molar-refractivity contribution < 1.29 is 4.79 Å². The number of ketones is 1. The lowest BCUT2D eigenvalue weighted by atomic mass is 10.00. The van der Waals surface area contributed by atoms with E-state index in [9.17, 15) is 4.79 Å². The summed E-state index contributed by atoms with van der Waals surface area (Å²) >= 11 is 1.91. The van der Waals surface area contributed by atoms with E-state index in [-0.39, 0.29) is 5.92 Å². The summed E-state index contributed by atoms with van der Waals surface area (Å²) in [5.74, 6) is 1.64. The zero-order valence-electron chi connectivity index (χ0n) is 8.27. The van der Waals surface area contributed by atoms with Crippen LogP contribution in [0.3, 0.4) is 0 Å². The number of hydrogen-bond acceptors (Lipinski definition) is 2. The van der Waals surface area contributed by atoms with Crippen LogP contribution in [-0.4, -0.2) is 11.5 Å². The van der Waals surface area contributed by atoms with Gasteiger partial charge in [-0.2, -0.15) is 11.8 Å². The Hall–Kier alpha value is -0.760. The lowest BCUT2D eigenvalue weighted by Gasteiger charge is -2.24. The molecular weight excluding hydrogens is 192 g/mol. The predicted molar refractivity (Wildman–Crippen MR) is 60.4 cm³/mol. The van der Waals surface area contributed by atoms with Crippen molar-refractivity contribution in [3.05, 3.63) is 35.9 Å². The highest BCUT2D eigenvalue weighted by molar-refractivity contribution is 7.99. The van der Waals surface area contributed by atoms with Crippen LogP contribution in [0.5, 0.6) is 0 Å². The molecule has 74 valence electrons. The minimum absolute atomic E-state index is 0.250. The highest BCUT2D eigenvalue weighted by atomic mass is 32.2. The van der Waals surface area contributed by atoms with Crippen LogP contribution < -0.4 is 0 Å². The van der Waals surface area contributed by atoms with Crippen LogP contribution in [0.1, 0.15) is 24.2 Å². The SMILES string of the molecule is CC1CSC(c2ccccc2)CC1=O. The summed E-state index contributed by atoms with van der Waals surface area (Å²) < 4.78 is 0. The van der Waals surface area contributed by atoms with Gasteiger partial charge in [0.2, 0.25) is 0 Å². The lowest BCUT2D eigenvalue weighted by molar-refractivity contribution is -0.122. The van der Waals surface area contributed by atoms with E-state index < -0.39 is 0 Å². The molecule has 2 heteroatoms. The summed E-state index contributed by atoms with van der Waals surface area (Å²) in [6.45, 7) is 2.02. The van der Waals surface area contributed by atoms with E-state index in [1.165, 1.54) is 5.56 Å². The second-order valence-corrected chi connectivity index (χ2v) is 5.04. The number of benzene rings is 1. The topological polar surface area (TPSA) is 17.1 Å². The molecule has 2 atom stereocenters. The Morgan fingerprint density at radius 3 is 2.64 bits per heavy atom. The van der Waals surface area contributed by atoms with E-state index in [0.717, 1.165) is 5.75 Å². The molecule has 0 amide bonds. The van der Waals surface area contributed by atoms with Gasteiger partial charge < -0.3 is 0 Å². The molecule has 1 aromatic carbocycles. The number of carbonyl (C=O) groups is 1. The standard InChI is InChI=1S/C12H14OS/c1-9-8-14-12(7-11(9)13)10-5-3-2-4-6-10/h2-6,9,12H,7-8H2,1H3. The molecule has 0 spiro atoms. The Kier molecular flexibility index (Phi) is 2.92. The molecule has 0 bridgehead atoms. The molecule has 0 saturated carbocycles. The largest absolute Gasteiger partial charge is 0.299 e. The molecule has 1 fully saturated rings. The number of hydrogen-bond donors (Lipinski definition) is 0. The fourth-order valence-corrected chi connectivity index (χ4v) is 3.02. The lowest BCUT2D eigenvalue weighted by Crippen LogP contribution is -2.21. The van der Waals surface area contributed by atoms with Gasteiger partial charge >= 0.3 is 0 Å². The quantitative estimate of drug-likeness (QED) is 0.702. The zero-order chi connectivity index (χ0) is 9.97. The fraction of sp³-hybridized carbons (Fsp3) is 0.417. The molecule has 1 aromatic rings. The third-order valence-electron chi connectivity index (χ3n) is 2.65. The molecule has 0 radical (unpaired) electrons. The van der Waals surface area contributed by atoms with Gasteiger partial charge in [-0.15, -0.1) is 0 Å². The molecule has 14 heavy (non-hydrogen) atoms. The third kappa shape index (κ3) is 2.01. The van der Waals surface area contributed by atoms with Crippen LogP contribution in [-0.2, 0) is 4.79 Å². The van der Waals surface area contributed by atoms with E-state index in [2.05, 4.69) is 12.1 Å². The second kappa shape index (κ2) is 4.18. The second-order valence-electron chi connectivity index (χ2n) is 3.80. The van der Waals surface area contributed by atoms with Gasteiger partial charge in [0.25, 0.3) is 0 Å². The van der Waals surface area contributed by atoms with Crippen molar-refractivity contribution in [3.63, 3.8) is 0 Å². The monoisotopic (exact) mass is 206 g/mol. The Balaban J connectivity index is 2.11. The van der Waals surface area contributed by atoms with Crippen molar-refractivity contribution in [2.24, 2.45) is 5.92 Å². The van der Waals surface area contributed by atoms with Gasteiger partial charge in [0.05, 0.1) is 0 Å². The molecular formula is C12H14OS. The van der Waals surface area contributed by atoms with Crippen LogP contribution in [0.25, 0.3) is 0 Å². The van der Waals surface area contributed by atoms with Gasteiger partial charge in [-0.1, -0.05) is 37.3 Å². The van der Waals surface area contributed by atoms with Crippen molar-refractivity contribution in [2.45, 2.75) is 18.6 Å². The smallest absolute Gasteiger partial charge is 0.137 e. The third-order valence-corrected chi connectivity index (χ3v) is 4.19. The summed E-state index contributed by atoms with van der Waals surface area (Å²) in [6.07, 6.45) is 0.704. The first kappa shape index (κ1) is 9.78. The first-order chi connectivity index (χ1) is 6.77. The summed E-state index contributed by atoms with van der Waals surface area (Å²) in [4.78, 5) is 11.6. The molecule has 2 rings (SSSR count). The minimum Gasteiger partial charge on any atom is -0.299 e. The van der Waals surface area contributed by atoms with Gasteiger partial charge in [-0.05, 0) is 5.56 Å². The number of thioether (sulfide) groups is 1. The highest BCUT2D eigenvalue weighted by Crippen LogP contribution is 2.38. The normalized spacial score (nSPS) is 27.6. The summed E-state index contributed by atoms with van der Waals surface area (Å²) in [5.41, 5.74) is 1.29. The molecule has 1 aliphatic heterocycles. The van der Waals surface area contributed by atoms with Gasteiger partial charge in [-0.3, -0.25) is 4.79 Å². The summed E-state index contributed by atoms with van der Waals surface area (Å²) in [6, 6.07) is 10.3. The maximum absolute atomic E-state index is 11.6. The summed E-state index contributed by atoms with van der Waals surface area (Å²) in [5, 5.41) is 0.389. The van der Waals surface area contributed by atoms with Crippen LogP contribution in [0.4, 0.5) is 0 Å². The molecule has 1 saturated heterocycles. The summed E-state index contributed by atoms with van der Waals surface area (Å²) in [7, 11) is 0. The van der Waals surface area contributed by atoms with Crippen molar-refractivity contribution in [2.75, 3.05) is 5.75 Å². The van der Waals surface area contributed by atoms with Gasteiger partial charge in [-0.25, -0.2) is 0 Å². The van der Waals surface area contributed by atoms with E-state index >= 15 is 0 Å². The number of Topliss-reactive ketones (excluding diaryl/α,β-unsaturated/α-hetero) is 1. The number of rotatable bonds is 1. The molecule has 0 aromatic heterocycles. The van der Waals surface area contributed by atoms with Crippen LogP contribution in [0.2, 0.25) is 0 Å². The van der Waals surface area contributed by atoms with Gasteiger partial charge in [0, 0.05) is 23.3 Å². The molecule has 1 aliphatic rings. The Bertz CT molecular complexity index is 320. The first-order valence-electron chi connectivity index (χ1n) is 4.96. The Morgan fingerprint density at radius 2 is 2.00 bits per heavy atom. The van der Waals surface area contributed by atoms with E-state index in [4.69, 9.17) is 0 Å². The number of carbonyl (C=O) groups excluding carboxylic acids is 1. The average Bonchev–Trinajstić information content (AvgIpc) is 2.23. The van der Waals surface area contributed by atoms with Crippen LogP contribution in [0, 0.1) is 5.92 Å². The average molecular weight is 206 g/mol. The fourth-order valence-electron chi connectivity index (χ4n) is 1.68. The van der Waals surface area contributed by atoms with E-state index in [0.29, 0.717) is 17.5 Å². The molecule has 0 aliphatic carbocycles. The molecule has 1 heterocycles. The molecule has 1 nitrogen and oxygen atoms in total. The van der Waals surface area contributed by atoms with Crippen LogP contribution in [0.15, 0.2) is 30.3 Å².